The summed E-state index contributed by atoms with van der Waals surface area (Å²) in [5.41, 5.74) is 6.21. The summed E-state index contributed by atoms with van der Waals surface area (Å²) in [6.07, 6.45) is 4.78. The molecule has 144 valence electrons. The van der Waals surface area contributed by atoms with Gasteiger partial charge in [0.25, 0.3) is 5.91 Å². The highest BCUT2D eigenvalue weighted by Crippen LogP contribution is 2.41. The lowest BCUT2D eigenvalue weighted by molar-refractivity contribution is -0.125. The molecule has 1 atom stereocenters. The number of hydrogen-bond acceptors (Lipinski definition) is 7. The molecule has 0 spiro atoms. The summed E-state index contributed by atoms with van der Waals surface area (Å²) in [4.78, 5) is 32.7. The molecule has 27 heavy (non-hydrogen) atoms. The summed E-state index contributed by atoms with van der Waals surface area (Å²) in [6, 6.07) is 3.17. The Hall–Kier alpha value is -3.16. The Morgan fingerprint density at radius 3 is 2.48 bits per heavy atom. The highest BCUT2D eigenvalue weighted by Gasteiger charge is 2.26. The molecule has 0 aliphatic carbocycles. The molecule has 0 aliphatic heterocycles. The van der Waals surface area contributed by atoms with Gasteiger partial charge in [0.15, 0.2) is 23.4 Å². The smallest absolute Gasteiger partial charge is 0.258 e. The number of primary amides is 1. The van der Waals surface area contributed by atoms with Gasteiger partial charge in [0.1, 0.15) is 0 Å². The fourth-order valence-electron chi connectivity index (χ4n) is 2.58. The predicted octanol–water partition coefficient (Wildman–Crippen LogP) is 1.95. The van der Waals surface area contributed by atoms with Crippen molar-refractivity contribution in [3.63, 3.8) is 0 Å². The van der Waals surface area contributed by atoms with Gasteiger partial charge in [-0.2, -0.15) is 0 Å². The lowest BCUT2D eigenvalue weighted by Gasteiger charge is -2.21. The Labute approximate surface area is 157 Å². The summed E-state index contributed by atoms with van der Waals surface area (Å²) < 4.78 is 16.5. The molecule has 8 heteroatoms. The number of hydrogen-bond donors (Lipinski definition) is 1. The number of nitrogens with zero attached hydrogens (tertiary/aromatic N) is 2. The molecule has 2 rings (SSSR count). The lowest BCUT2D eigenvalue weighted by Crippen LogP contribution is -2.34. The maximum atomic E-state index is 12.9. The normalized spacial score (nSPS) is 11.5. The zero-order chi connectivity index (χ0) is 19.8. The van der Waals surface area contributed by atoms with E-state index in [0.717, 1.165) is 0 Å². The van der Waals surface area contributed by atoms with Crippen LogP contribution in [0.3, 0.4) is 0 Å². The molecular formula is C19H23N3O5. The number of benzene rings is 1. The number of aromatic nitrogens is 2. The number of carbonyl (C=O) groups is 2. The van der Waals surface area contributed by atoms with Crippen LogP contribution in [0.15, 0.2) is 30.7 Å². The van der Waals surface area contributed by atoms with Crippen molar-refractivity contribution in [1.29, 1.82) is 0 Å². The first kappa shape index (κ1) is 20.2. The van der Waals surface area contributed by atoms with Crippen LogP contribution >= 0.6 is 0 Å². The van der Waals surface area contributed by atoms with Crippen molar-refractivity contribution in [3.8, 4) is 17.2 Å². The molecule has 2 aromatic rings. The first-order chi connectivity index (χ1) is 13.0. The maximum absolute atomic E-state index is 12.9. The standard InChI is InChI=1S/C19H23N3O5/c1-4-5-16(19(20)24)27-17-13(6-7-15(25-2)18(17)26-3)14(23)10-12-11-21-8-9-22-12/h6-9,11,16H,4-5,10H2,1-3H3,(H2,20,24). The summed E-state index contributed by atoms with van der Waals surface area (Å²) in [6.45, 7) is 1.91. The van der Waals surface area contributed by atoms with Crippen molar-refractivity contribution in [3.05, 3.63) is 42.0 Å². The van der Waals surface area contributed by atoms with E-state index in [1.165, 1.54) is 32.8 Å². The molecule has 0 bridgehead atoms. The molecule has 0 saturated heterocycles. The van der Waals surface area contributed by atoms with Gasteiger partial charge in [0.05, 0.1) is 31.9 Å². The van der Waals surface area contributed by atoms with Crippen molar-refractivity contribution in [2.24, 2.45) is 5.73 Å². The van der Waals surface area contributed by atoms with E-state index in [1.807, 2.05) is 6.92 Å². The quantitative estimate of drug-likeness (QED) is 0.633. The van der Waals surface area contributed by atoms with Gasteiger partial charge in [-0.05, 0) is 18.6 Å². The molecule has 1 heterocycles. The topological polar surface area (TPSA) is 114 Å². The fraction of sp³-hybridized carbons (Fsp3) is 0.368. The number of carbonyl (C=O) groups excluding carboxylic acids is 2. The number of ketones is 1. The number of rotatable bonds is 10. The Morgan fingerprint density at radius 1 is 1.15 bits per heavy atom. The first-order valence-electron chi connectivity index (χ1n) is 8.50. The molecule has 1 amide bonds. The third-order valence-electron chi connectivity index (χ3n) is 3.89. The zero-order valence-electron chi connectivity index (χ0n) is 15.6. The first-order valence-corrected chi connectivity index (χ1v) is 8.50. The van der Waals surface area contributed by atoms with Crippen LogP contribution < -0.4 is 19.9 Å². The van der Waals surface area contributed by atoms with E-state index < -0.39 is 12.0 Å². The van der Waals surface area contributed by atoms with Crippen LogP contribution in [0.1, 0.15) is 35.8 Å². The van der Waals surface area contributed by atoms with Crippen LogP contribution in [-0.2, 0) is 11.2 Å². The number of Topliss-reactive ketones (excluding diaryl/α,β-unsaturated/α-hetero) is 1. The maximum Gasteiger partial charge on any atom is 0.258 e. The van der Waals surface area contributed by atoms with Gasteiger partial charge >= 0.3 is 0 Å². The Kier molecular flexibility index (Phi) is 7.10. The number of methoxy groups -OCH3 is 2. The minimum absolute atomic E-state index is 0.0225. The molecular weight excluding hydrogens is 350 g/mol. The number of nitrogens with two attached hydrogens (primary N) is 1. The largest absolute Gasteiger partial charge is 0.493 e. The van der Waals surface area contributed by atoms with Crippen LogP contribution in [0.5, 0.6) is 17.2 Å². The Bertz CT molecular complexity index is 795. The van der Waals surface area contributed by atoms with Crippen LogP contribution in [0.2, 0.25) is 0 Å². The van der Waals surface area contributed by atoms with Crippen molar-refractivity contribution >= 4 is 11.7 Å². The minimum atomic E-state index is -0.890. The second-order valence-electron chi connectivity index (χ2n) is 5.77. The highest BCUT2D eigenvalue weighted by molar-refractivity contribution is 6.01. The van der Waals surface area contributed by atoms with E-state index in [9.17, 15) is 9.59 Å². The van der Waals surface area contributed by atoms with Gasteiger partial charge in [-0.15, -0.1) is 0 Å². The van der Waals surface area contributed by atoms with Crippen molar-refractivity contribution in [2.45, 2.75) is 32.3 Å². The van der Waals surface area contributed by atoms with E-state index in [-0.39, 0.29) is 29.3 Å². The molecule has 1 unspecified atom stereocenters. The molecule has 0 aliphatic rings. The van der Waals surface area contributed by atoms with E-state index in [0.29, 0.717) is 24.3 Å². The van der Waals surface area contributed by atoms with Crippen LogP contribution in [0, 0.1) is 0 Å². The SMILES string of the molecule is CCCC(Oc1c(C(=O)Cc2cnccn2)ccc(OC)c1OC)C(N)=O. The predicted molar refractivity (Wildman–Crippen MR) is 98.1 cm³/mol. The van der Waals surface area contributed by atoms with Gasteiger partial charge in [-0.1, -0.05) is 13.3 Å². The molecule has 0 radical (unpaired) electrons. The average molecular weight is 373 g/mol. The van der Waals surface area contributed by atoms with Gasteiger partial charge in [-0.3, -0.25) is 19.6 Å². The van der Waals surface area contributed by atoms with E-state index in [4.69, 9.17) is 19.9 Å². The van der Waals surface area contributed by atoms with Gasteiger partial charge < -0.3 is 19.9 Å². The van der Waals surface area contributed by atoms with Gasteiger partial charge in [0.2, 0.25) is 5.75 Å². The van der Waals surface area contributed by atoms with Crippen LogP contribution in [0.4, 0.5) is 0 Å². The second kappa shape index (κ2) is 9.51. The van der Waals surface area contributed by atoms with Gasteiger partial charge in [0, 0.05) is 18.6 Å². The fourth-order valence-corrected chi connectivity index (χ4v) is 2.58. The minimum Gasteiger partial charge on any atom is -0.493 e. The molecule has 1 aromatic heterocycles. The van der Waals surface area contributed by atoms with Crippen LogP contribution in [0.25, 0.3) is 0 Å². The summed E-state index contributed by atoms with van der Waals surface area (Å²) >= 11 is 0. The van der Waals surface area contributed by atoms with Crippen LogP contribution in [-0.4, -0.2) is 42.0 Å². The van der Waals surface area contributed by atoms with Gasteiger partial charge in [-0.25, -0.2) is 0 Å². The second-order valence-corrected chi connectivity index (χ2v) is 5.77. The summed E-state index contributed by atoms with van der Waals surface area (Å²) in [5, 5.41) is 0. The molecule has 2 N–H and O–H groups in total. The molecule has 1 aromatic carbocycles. The molecule has 8 nitrogen and oxygen atoms in total. The number of ether oxygens (including phenoxy) is 3. The number of amides is 1. The highest BCUT2D eigenvalue weighted by atomic mass is 16.5. The third kappa shape index (κ3) is 4.93. The molecule has 0 fully saturated rings. The summed E-state index contributed by atoms with van der Waals surface area (Å²) in [5.74, 6) is -0.142. The van der Waals surface area contributed by atoms with Crippen molar-refractivity contribution < 1.29 is 23.8 Å². The Morgan fingerprint density at radius 2 is 1.93 bits per heavy atom. The average Bonchev–Trinajstić information content (AvgIpc) is 2.67. The zero-order valence-corrected chi connectivity index (χ0v) is 15.6. The third-order valence-corrected chi connectivity index (χ3v) is 3.89. The summed E-state index contributed by atoms with van der Waals surface area (Å²) in [7, 11) is 2.90. The van der Waals surface area contributed by atoms with Crippen molar-refractivity contribution in [2.75, 3.05) is 14.2 Å². The van der Waals surface area contributed by atoms with E-state index >= 15 is 0 Å². The monoisotopic (exact) mass is 373 g/mol. The van der Waals surface area contributed by atoms with Crippen molar-refractivity contribution in [1.82, 2.24) is 9.97 Å². The van der Waals surface area contributed by atoms with E-state index in [2.05, 4.69) is 9.97 Å². The molecule has 0 saturated carbocycles. The Balaban J connectivity index is 2.46. The lowest BCUT2D eigenvalue weighted by atomic mass is 10.0. The van der Waals surface area contributed by atoms with E-state index in [1.54, 1.807) is 12.1 Å².